The number of aliphatic hydroxyl groups is 1. The van der Waals surface area contributed by atoms with E-state index in [1.165, 1.54) is 12.3 Å². The number of nitrogens with one attached hydrogen (secondary N) is 2. The van der Waals surface area contributed by atoms with Gasteiger partial charge in [-0.3, -0.25) is 0 Å². The molecular formula is C24H20N6O. The van der Waals surface area contributed by atoms with Crippen molar-refractivity contribution in [3.8, 4) is 12.1 Å². The smallest absolute Gasteiger partial charge is 0.229 e. The largest absolute Gasteiger partial charge is 0.508 e. The monoisotopic (exact) mass is 408 g/mol. The Hall–Kier alpha value is -4.62. The fourth-order valence-corrected chi connectivity index (χ4v) is 3.05. The number of aliphatic hydroxyl groups excluding tert-OH is 1. The summed E-state index contributed by atoms with van der Waals surface area (Å²) < 4.78 is 0. The van der Waals surface area contributed by atoms with Crippen LogP contribution in [0.3, 0.4) is 0 Å². The van der Waals surface area contributed by atoms with Crippen LogP contribution in [0, 0.1) is 36.5 Å². The molecule has 0 saturated heterocycles. The third-order valence-electron chi connectivity index (χ3n) is 4.52. The predicted molar refractivity (Wildman–Crippen MR) is 122 cm³/mol. The SMILES string of the molecule is C=C(O)c1cnc(Nc2ccc(C#N)cc2)nc1Nc1c(C)cc(/C=C/C#N)cc1C. The minimum Gasteiger partial charge on any atom is -0.508 e. The Morgan fingerprint density at radius 2 is 1.77 bits per heavy atom. The number of nitrogens with zero attached hydrogens (tertiary/aromatic N) is 4. The number of aromatic nitrogens is 2. The first-order chi connectivity index (χ1) is 14.9. The second-order valence-electron chi connectivity index (χ2n) is 6.83. The number of rotatable bonds is 6. The quantitative estimate of drug-likeness (QED) is 0.363. The lowest BCUT2D eigenvalue weighted by Crippen LogP contribution is -2.06. The van der Waals surface area contributed by atoms with Gasteiger partial charge in [-0.15, -0.1) is 0 Å². The molecule has 3 rings (SSSR count). The van der Waals surface area contributed by atoms with E-state index in [-0.39, 0.29) is 5.76 Å². The van der Waals surface area contributed by atoms with E-state index in [1.54, 1.807) is 30.3 Å². The number of hydrogen-bond donors (Lipinski definition) is 3. The number of anilines is 4. The van der Waals surface area contributed by atoms with Crippen molar-refractivity contribution < 1.29 is 5.11 Å². The summed E-state index contributed by atoms with van der Waals surface area (Å²) in [7, 11) is 0. The maximum Gasteiger partial charge on any atom is 0.229 e. The van der Waals surface area contributed by atoms with Gasteiger partial charge < -0.3 is 15.7 Å². The highest BCUT2D eigenvalue weighted by Crippen LogP contribution is 2.30. The van der Waals surface area contributed by atoms with Crippen molar-refractivity contribution in [2.45, 2.75) is 13.8 Å². The van der Waals surface area contributed by atoms with Gasteiger partial charge >= 0.3 is 0 Å². The molecule has 0 bridgehead atoms. The number of hydrogen-bond acceptors (Lipinski definition) is 7. The lowest BCUT2D eigenvalue weighted by molar-refractivity contribution is 0.513. The van der Waals surface area contributed by atoms with Gasteiger partial charge in [0.25, 0.3) is 0 Å². The number of allylic oxidation sites excluding steroid dienone is 1. The summed E-state index contributed by atoms with van der Waals surface area (Å²) in [6, 6.07) is 14.9. The molecule has 152 valence electrons. The van der Waals surface area contributed by atoms with Gasteiger partial charge in [0.15, 0.2) is 0 Å². The fraction of sp³-hybridized carbons (Fsp3) is 0.0833. The summed E-state index contributed by atoms with van der Waals surface area (Å²) in [5, 5.41) is 34.0. The third-order valence-corrected chi connectivity index (χ3v) is 4.52. The molecular weight excluding hydrogens is 388 g/mol. The van der Waals surface area contributed by atoms with Crippen LogP contribution in [-0.4, -0.2) is 15.1 Å². The molecule has 0 aliphatic rings. The fourth-order valence-electron chi connectivity index (χ4n) is 3.05. The normalized spacial score (nSPS) is 10.3. The molecule has 31 heavy (non-hydrogen) atoms. The van der Waals surface area contributed by atoms with Gasteiger partial charge in [0.1, 0.15) is 11.6 Å². The summed E-state index contributed by atoms with van der Waals surface area (Å²) in [4.78, 5) is 8.75. The number of benzene rings is 2. The van der Waals surface area contributed by atoms with Crippen LogP contribution in [0.4, 0.5) is 23.1 Å². The number of aryl methyl sites for hydroxylation is 2. The first kappa shape index (κ1) is 21.1. The van der Waals surface area contributed by atoms with Crippen LogP contribution in [0.25, 0.3) is 11.8 Å². The minimum atomic E-state index is -0.156. The van der Waals surface area contributed by atoms with Crippen LogP contribution in [0.1, 0.15) is 27.8 Å². The van der Waals surface area contributed by atoms with Crippen molar-refractivity contribution >= 4 is 35.0 Å². The van der Waals surface area contributed by atoms with E-state index in [0.717, 1.165) is 28.1 Å². The summed E-state index contributed by atoms with van der Waals surface area (Å²) in [6.45, 7) is 7.49. The van der Waals surface area contributed by atoms with Crippen molar-refractivity contribution in [1.82, 2.24) is 9.97 Å². The summed E-state index contributed by atoms with van der Waals surface area (Å²) in [5.41, 5.74) is 5.30. The lowest BCUT2D eigenvalue weighted by Gasteiger charge is -2.16. The summed E-state index contributed by atoms with van der Waals surface area (Å²) >= 11 is 0. The average Bonchev–Trinajstić information content (AvgIpc) is 2.75. The highest BCUT2D eigenvalue weighted by atomic mass is 16.3. The van der Waals surface area contributed by atoms with E-state index >= 15 is 0 Å². The maximum absolute atomic E-state index is 10.00. The van der Waals surface area contributed by atoms with E-state index in [2.05, 4.69) is 33.2 Å². The van der Waals surface area contributed by atoms with E-state index in [1.807, 2.05) is 32.0 Å². The highest BCUT2D eigenvalue weighted by Gasteiger charge is 2.13. The van der Waals surface area contributed by atoms with Crippen molar-refractivity contribution in [1.29, 1.82) is 10.5 Å². The second kappa shape index (κ2) is 9.25. The van der Waals surface area contributed by atoms with Crippen molar-refractivity contribution in [2.75, 3.05) is 10.6 Å². The van der Waals surface area contributed by atoms with Crippen LogP contribution in [-0.2, 0) is 0 Å². The number of nitriles is 2. The van der Waals surface area contributed by atoms with E-state index in [9.17, 15) is 5.11 Å². The highest BCUT2D eigenvalue weighted by molar-refractivity contribution is 5.76. The van der Waals surface area contributed by atoms with Gasteiger partial charge in [-0.05, 0) is 73.0 Å². The summed E-state index contributed by atoms with van der Waals surface area (Å²) in [5.74, 6) is 0.558. The average molecular weight is 408 g/mol. The minimum absolute atomic E-state index is 0.156. The Labute approximate surface area is 180 Å². The van der Waals surface area contributed by atoms with Gasteiger partial charge in [0.2, 0.25) is 5.95 Å². The third kappa shape index (κ3) is 5.06. The Bertz CT molecular complexity index is 1220. The Balaban J connectivity index is 1.95. The molecule has 0 fully saturated rings. The van der Waals surface area contributed by atoms with Crippen LogP contribution in [0.2, 0.25) is 0 Å². The molecule has 1 aromatic heterocycles. The lowest BCUT2D eigenvalue weighted by atomic mass is 10.0. The van der Waals surface area contributed by atoms with Gasteiger partial charge in [-0.25, -0.2) is 4.98 Å². The molecule has 7 heteroatoms. The van der Waals surface area contributed by atoms with Crippen molar-refractivity contribution in [3.63, 3.8) is 0 Å². The molecule has 0 spiro atoms. The second-order valence-corrected chi connectivity index (χ2v) is 6.83. The molecule has 1 heterocycles. The molecule has 2 aromatic carbocycles. The molecule has 0 unspecified atom stereocenters. The van der Waals surface area contributed by atoms with Crippen molar-refractivity contribution in [3.05, 3.63) is 83.1 Å². The molecule has 0 aliphatic carbocycles. The zero-order valence-corrected chi connectivity index (χ0v) is 17.1. The standard InChI is InChI=1S/C24H20N6O/c1-15-11-19(5-4-10-25)12-16(2)22(15)29-23-21(17(3)31)14-27-24(30-23)28-20-8-6-18(13-26)7-9-20/h4-9,11-12,14,31H,3H2,1-2H3,(H2,27,28,29,30)/b5-4+. The van der Waals surface area contributed by atoms with E-state index < -0.39 is 0 Å². The molecule has 7 nitrogen and oxygen atoms in total. The van der Waals surface area contributed by atoms with Gasteiger partial charge in [0, 0.05) is 23.6 Å². The van der Waals surface area contributed by atoms with E-state index in [0.29, 0.717) is 22.9 Å². The molecule has 3 N–H and O–H groups in total. The predicted octanol–water partition coefficient (Wildman–Crippen LogP) is 5.52. The van der Waals surface area contributed by atoms with Gasteiger partial charge in [-0.2, -0.15) is 15.5 Å². The molecule has 0 atom stereocenters. The summed E-state index contributed by atoms with van der Waals surface area (Å²) in [6.07, 6.45) is 4.66. The molecule has 0 amide bonds. The maximum atomic E-state index is 10.00. The first-order valence-electron chi connectivity index (χ1n) is 9.38. The van der Waals surface area contributed by atoms with Crippen LogP contribution in [0.5, 0.6) is 0 Å². The van der Waals surface area contributed by atoms with Crippen LogP contribution < -0.4 is 10.6 Å². The van der Waals surface area contributed by atoms with Gasteiger partial charge in [0.05, 0.1) is 23.3 Å². The molecule has 3 aromatic rings. The molecule has 0 saturated carbocycles. The van der Waals surface area contributed by atoms with Crippen molar-refractivity contribution in [2.24, 2.45) is 0 Å². The molecule has 0 radical (unpaired) electrons. The Morgan fingerprint density at radius 3 is 2.35 bits per heavy atom. The van der Waals surface area contributed by atoms with Crippen LogP contribution in [0.15, 0.2) is 55.3 Å². The first-order valence-corrected chi connectivity index (χ1v) is 9.38. The zero-order valence-electron chi connectivity index (χ0n) is 17.1. The zero-order chi connectivity index (χ0) is 22.4. The van der Waals surface area contributed by atoms with Crippen LogP contribution >= 0.6 is 0 Å². The topological polar surface area (TPSA) is 118 Å². The Morgan fingerprint density at radius 1 is 1.10 bits per heavy atom. The van der Waals surface area contributed by atoms with E-state index in [4.69, 9.17) is 10.5 Å². The molecule has 0 aliphatic heterocycles. The van der Waals surface area contributed by atoms with Gasteiger partial charge in [-0.1, -0.05) is 6.58 Å². The Kier molecular flexibility index (Phi) is 6.30.